The molecule has 2 fully saturated rings. The van der Waals surface area contributed by atoms with E-state index in [4.69, 9.17) is 111 Å². The molecule has 36 nitrogen and oxygen atoms in total. The summed E-state index contributed by atoms with van der Waals surface area (Å²) in [6.07, 6.45) is 14.4. The Hall–Kier alpha value is -6.63. The van der Waals surface area contributed by atoms with Crippen molar-refractivity contribution in [3.05, 3.63) is 187 Å². The van der Waals surface area contributed by atoms with E-state index in [1.807, 2.05) is 0 Å². The zero-order valence-electron chi connectivity index (χ0n) is 43.6. The van der Waals surface area contributed by atoms with Crippen LogP contribution in [-0.2, 0) is 34.1 Å². The molecule has 0 saturated heterocycles. The normalized spacial score (nSPS) is 15.0. The second-order valence-corrected chi connectivity index (χ2v) is 14.8. The molecule has 6 rings (SSSR count). The molecule has 0 heterocycles. The Balaban J connectivity index is -0.000000253. The maximum Gasteiger partial charge on any atom is 3.00 e. The van der Waals surface area contributed by atoms with Gasteiger partial charge in [0.05, 0.1) is 83.1 Å². The molecule has 2 aliphatic rings. The molecular weight excluding hydrogens is 1520 g/mol. The van der Waals surface area contributed by atoms with Crippen LogP contribution in [0.3, 0.4) is 0 Å². The Labute approximate surface area is 578 Å². The summed E-state index contributed by atoms with van der Waals surface area (Å²) in [5.41, 5.74) is 2.01. The third-order valence-corrected chi connectivity index (χ3v) is 9.93. The van der Waals surface area contributed by atoms with Gasteiger partial charge >= 0.3 is 133 Å². The Morgan fingerprint density at radius 3 is 0.619 bits per heavy atom. The number of nitrogens with zero attached hydrogens (tertiary/aromatic N) is 10. The van der Waals surface area contributed by atoms with Gasteiger partial charge in [-0.2, -0.15) is 0 Å². The van der Waals surface area contributed by atoms with Crippen molar-refractivity contribution in [3.63, 3.8) is 0 Å². The van der Waals surface area contributed by atoms with Crippen LogP contribution in [0.15, 0.2) is 92.8 Å². The molecule has 0 bridgehead atoms. The summed E-state index contributed by atoms with van der Waals surface area (Å²) in [5, 5.41) is 138. The SMILES string of the molecule is COc1cccc(C=N[C@@H]2CCCC[C@H]2N=Cc2cccc(OC)c2[O-])c1[O-].COc1cccc(C=N[C@@H]2CCCC[C@H]2N=Cc2cccc(OC)c2[O-])c1[O-].O=[N+]([O-])[O-].O=[N+]([O-])[O-].O=[N+]([O-])[O-].O=[N+]([O-])[O-].O=[N+]([O-])[O-].O=[N+]([O-])[O-].[Cu+2].[Cu+2].[Eu+3].[Eu+3]. The van der Waals surface area contributed by atoms with E-state index in [9.17, 15) is 20.4 Å². The van der Waals surface area contributed by atoms with Crippen LogP contribution in [0.5, 0.6) is 46.0 Å². The van der Waals surface area contributed by atoms with Crippen molar-refractivity contribution >= 4 is 24.9 Å². The van der Waals surface area contributed by atoms with Crippen LogP contribution in [-0.4, -0.2) is 108 Å². The number of hydrogen-bond donors (Lipinski definition) is 0. The largest absolute Gasteiger partial charge is 3.00 e. The fourth-order valence-electron chi connectivity index (χ4n) is 6.76. The van der Waals surface area contributed by atoms with Gasteiger partial charge in [-0.1, -0.05) is 97.2 Å². The molecule has 4 aromatic rings. The molecule has 84 heavy (non-hydrogen) atoms. The minimum absolute atomic E-state index is 0. The molecular formula is C44H48Cu2Eu2N10O26. The fourth-order valence-corrected chi connectivity index (χ4v) is 6.76. The maximum atomic E-state index is 12.3. The van der Waals surface area contributed by atoms with Crippen molar-refractivity contribution in [2.24, 2.45) is 20.0 Å². The quantitative estimate of drug-likeness (QED) is 0.0838. The van der Waals surface area contributed by atoms with Crippen LogP contribution in [0.25, 0.3) is 0 Å². The number of methoxy groups -OCH3 is 4. The molecule has 2 aliphatic carbocycles. The summed E-state index contributed by atoms with van der Waals surface area (Å²) in [5.74, 6) is 0.556. The van der Waals surface area contributed by atoms with E-state index >= 15 is 0 Å². The first-order chi connectivity index (χ1) is 37.7. The molecule has 0 unspecified atom stereocenters. The second kappa shape index (κ2) is 52.0. The summed E-state index contributed by atoms with van der Waals surface area (Å²) < 4.78 is 20.3. The average molecular weight is 1560 g/mol. The summed E-state index contributed by atoms with van der Waals surface area (Å²) in [6, 6.07) is 20.5. The van der Waals surface area contributed by atoms with Crippen molar-refractivity contribution < 1.29 is 203 Å². The van der Waals surface area contributed by atoms with Gasteiger partial charge in [0.2, 0.25) is 0 Å². The third-order valence-electron chi connectivity index (χ3n) is 9.93. The number of hydrogen-bond acceptors (Lipinski definition) is 30. The smallest absolute Gasteiger partial charge is 0.870 e. The van der Waals surface area contributed by atoms with Crippen molar-refractivity contribution in [2.45, 2.75) is 75.5 Å². The second-order valence-electron chi connectivity index (χ2n) is 14.8. The first-order valence-electron chi connectivity index (χ1n) is 22.0. The monoisotopic (exact) mass is 1560 g/mol. The predicted octanol–water partition coefficient (Wildman–Crippen LogP) is 3.96. The average Bonchev–Trinajstić information content (AvgIpc) is 3.37. The molecule has 0 spiro atoms. The molecule has 2 saturated carbocycles. The van der Waals surface area contributed by atoms with E-state index in [1.54, 1.807) is 97.7 Å². The van der Waals surface area contributed by atoms with Crippen LogP contribution < -0.4 is 39.4 Å². The number of aliphatic imine (C=N–C) groups is 4. The fraction of sp³-hybridized carbons (Fsp3) is 0.364. The van der Waals surface area contributed by atoms with E-state index in [0.29, 0.717) is 45.3 Å². The van der Waals surface area contributed by atoms with E-state index in [0.717, 1.165) is 51.4 Å². The molecule has 4 aromatic carbocycles. The number of para-hydroxylation sites is 4. The Bertz CT molecular complexity index is 2300. The van der Waals surface area contributed by atoms with Crippen LogP contribution in [0.1, 0.15) is 73.6 Å². The Morgan fingerprint density at radius 1 is 0.345 bits per heavy atom. The number of benzene rings is 4. The van der Waals surface area contributed by atoms with E-state index in [2.05, 4.69) is 20.0 Å². The summed E-state index contributed by atoms with van der Waals surface area (Å²) in [6.45, 7) is 0. The topological polar surface area (TPSA) is 576 Å². The molecule has 0 aromatic heterocycles. The maximum absolute atomic E-state index is 12.3. The van der Waals surface area contributed by atoms with Gasteiger partial charge in [-0.25, -0.2) is 0 Å². The number of rotatable bonds is 12. The predicted molar refractivity (Wildman–Crippen MR) is 274 cm³/mol. The molecule has 0 aliphatic heterocycles. The van der Waals surface area contributed by atoms with E-state index < -0.39 is 30.5 Å². The minimum Gasteiger partial charge on any atom is -0.870 e. The van der Waals surface area contributed by atoms with Gasteiger partial charge in [-0.3, -0.25) is 20.0 Å². The van der Waals surface area contributed by atoms with E-state index in [1.165, 1.54) is 28.4 Å². The van der Waals surface area contributed by atoms with Crippen LogP contribution >= 0.6 is 0 Å². The van der Waals surface area contributed by atoms with Crippen molar-refractivity contribution in [1.82, 2.24) is 0 Å². The van der Waals surface area contributed by atoms with Gasteiger partial charge in [0, 0.05) is 24.9 Å². The molecule has 0 amide bonds. The van der Waals surface area contributed by atoms with Gasteiger partial charge in [0.15, 0.2) is 0 Å². The third kappa shape index (κ3) is 42.2. The van der Waals surface area contributed by atoms with Crippen LogP contribution in [0.4, 0.5) is 0 Å². The van der Waals surface area contributed by atoms with Gasteiger partial charge in [-0.15, -0.1) is 0 Å². The van der Waals surface area contributed by atoms with Crippen LogP contribution in [0.2, 0.25) is 0 Å². The summed E-state index contributed by atoms with van der Waals surface area (Å²) >= 11 is 0. The van der Waals surface area contributed by atoms with Gasteiger partial charge in [0.1, 0.15) is 23.0 Å². The van der Waals surface area contributed by atoms with E-state index in [-0.39, 0.29) is 180 Å². The zero-order valence-corrected chi connectivity index (χ0v) is 50.4. The zero-order chi connectivity index (χ0) is 61.3. The van der Waals surface area contributed by atoms with Gasteiger partial charge in [-0.05, 0) is 72.2 Å². The molecule has 40 heteroatoms. The minimum atomic E-state index is -1.75. The van der Waals surface area contributed by atoms with Gasteiger partial charge in [0.25, 0.3) is 0 Å². The molecule has 4 atom stereocenters. The van der Waals surface area contributed by atoms with Crippen molar-refractivity contribution in [1.29, 1.82) is 0 Å². The Kier molecular flexibility index (Phi) is 54.8. The molecule has 2 radical (unpaired) electrons. The molecule has 0 N–H and O–H groups in total. The first-order valence-corrected chi connectivity index (χ1v) is 22.0. The first kappa shape index (κ1) is 88.6. The summed E-state index contributed by atoms with van der Waals surface area (Å²) in [7, 11) is 5.91. The molecule has 466 valence electrons. The Morgan fingerprint density at radius 2 is 0.488 bits per heavy atom. The number of ether oxygens (including phenoxy) is 4. The van der Waals surface area contributed by atoms with Crippen molar-refractivity contribution in [2.75, 3.05) is 28.4 Å². The van der Waals surface area contributed by atoms with Crippen molar-refractivity contribution in [3.8, 4) is 46.0 Å². The van der Waals surface area contributed by atoms with Gasteiger partial charge < -0.3 is 131 Å². The standard InChI is InChI=1S/2C22H26N2O4.2Cu.2Eu.6NO3/c2*1-27-19-11-5-7-15(21(19)25)13-23-17-9-3-4-10-18(17)24-14-16-8-6-12-20(28-2)22(16)26;;;;;6*2-1(3)4/h2*5-8,11-14,17-18,25-26H,3-4,9-10H2,1-2H3;;;;;;;;;;/q;;2*+2;2*+3;6*-1/p-4/t2*17-,18-;;;;;;;;;;/m11........../s1. The summed E-state index contributed by atoms with van der Waals surface area (Å²) in [4.78, 5) is 68.1. The van der Waals surface area contributed by atoms with Crippen LogP contribution in [0, 0.1) is 191 Å².